The van der Waals surface area contributed by atoms with E-state index in [2.05, 4.69) is 10.6 Å². The number of hydrogen-bond acceptors (Lipinski definition) is 4. The van der Waals surface area contributed by atoms with Gasteiger partial charge < -0.3 is 20.5 Å². The van der Waals surface area contributed by atoms with Crippen molar-refractivity contribution in [3.63, 3.8) is 0 Å². The number of aryl methyl sites for hydroxylation is 1. The molecule has 0 radical (unpaired) electrons. The zero-order chi connectivity index (χ0) is 17.6. The molecule has 0 aliphatic carbocycles. The average Bonchev–Trinajstić information content (AvgIpc) is 2.43. The number of carbonyl (C=O) groups is 1. The number of aromatic hydroxyl groups is 1. The number of hydrogen-bond donors (Lipinski definition) is 3. The van der Waals surface area contributed by atoms with Crippen LogP contribution < -0.4 is 10.6 Å². The molecule has 1 rings (SSSR count). The molecule has 2 atom stereocenters. The number of amides is 1. The van der Waals surface area contributed by atoms with E-state index in [9.17, 15) is 9.90 Å². The van der Waals surface area contributed by atoms with E-state index >= 15 is 0 Å². The molecule has 1 aromatic rings. The predicted molar refractivity (Wildman–Crippen MR) is 92.7 cm³/mol. The first-order chi connectivity index (χ1) is 10.6. The van der Waals surface area contributed by atoms with Crippen molar-refractivity contribution in [1.29, 1.82) is 0 Å². The first-order valence-electron chi connectivity index (χ1n) is 8.14. The fourth-order valence-corrected chi connectivity index (χ4v) is 2.22. The highest BCUT2D eigenvalue weighted by Crippen LogP contribution is 2.24. The highest BCUT2D eigenvalue weighted by molar-refractivity contribution is 5.68. The van der Waals surface area contributed by atoms with Gasteiger partial charge in [0, 0.05) is 24.2 Å². The van der Waals surface area contributed by atoms with Crippen molar-refractivity contribution in [3.8, 4) is 5.75 Å². The van der Waals surface area contributed by atoms with Crippen LogP contribution in [-0.4, -0.2) is 29.4 Å². The van der Waals surface area contributed by atoms with Crippen molar-refractivity contribution < 1.29 is 14.6 Å². The molecule has 23 heavy (non-hydrogen) atoms. The van der Waals surface area contributed by atoms with E-state index in [4.69, 9.17) is 4.74 Å². The Labute approximate surface area is 139 Å². The molecule has 0 spiro atoms. The molecule has 0 fully saturated rings. The van der Waals surface area contributed by atoms with Crippen molar-refractivity contribution in [2.75, 3.05) is 6.54 Å². The lowest BCUT2D eigenvalue weighted by molar-refractivity contribution is 0.0502. The Bertz CT molecular complexity index is 523. The van der Waals surface area contributed by atoms with Gasteiger partial charge in [0.1, 0.15) is 11.4 Å². The summed E-state index contributed by atoms with van der Waals surface area (Å²) in [4.78, 5) is 11.8. The summed E-state index contributed by atoms with van der Waals surface area (Å²) >= 11 is 0. The van der Waals surface area contributed by atoms with Gasteiger partial charge in [0.2, 0.25) is 0 Å². The topological polar surface area (TPSA) is 70.6 Å². The third kappa shape index (κ3) is 6.91. The summed E-state index contributed by atoms with van der Waals surface area (Å²) in [7, 11) is 0. The highest BCUT2D eigenvalue weighted by atomic mass is 16.6. The van der Waals surface area contributed by atoms with E-state index in [1.165, 1.54) is 0 Å². The van der Waals surface area contributed by atoms with Gasteiger partial charge in [-0.3, -0.25) is 0 Å². The molecule has 0 aliphatic rings. The predicted octanol–water partition coefficient (Wildman–Crippen LogP) is 3.65. The smallest absolute Gasteiger partial charge is 0.407 e. The summed E-state index contributed by atoms with van der Waals surface area (Å²) in [5, 5.41) is 16.2. The van der Waals surface area contributed by atoms with Crippen LogP contribution in [0.1, 0.15) is 58.2 Å². The lowest BCUT2D eigenvalue weighted by atomic mass is 10.0. The van der Waals surface area contributed by atoms with Crippen molar-refractivity contribution >= 4 is 6.09 Å². The van der Waals surface area contributed by atoms with Gasteiger partial charge in [-0.1, -0.05) is 24.6 Å². The molecule has 130 valence electrons. The number of carbonyl (C=O) groups excluding carboxylic acids is 1. The maximum atomic E-state index is 11.8. The standard InChI is InChI=1S/C18H30N2O3/c1-7-14(20-17(22)23-18(4,5)6)11-19-13(3)15-10-12(2)8-9-16(15)21/h8-10,13-14,19,21H,7,11H2,1-6H3,(H,20,22). The lowest BCUT2D eigenvalue weighted by Crippen LogP contribution is -2.44. The first kappa shape index (κ1) is 19.3. The Morgan fingerprint density at radius 3 is 2.57 bits per heavy atom. The molecular weight excluding hydrogens is 292 g/mol. The van der Waals surface area contributed by atoms with Gasteiger partial charge >= 0.3 is 6.09 Å². The van der Waals surface area contributed by atoms with E-state index in [0.29, 0.717) is 6.54 Å². The summed E-state index contributed by atoms with van der Waals surface area (Å²) in [6.07, 6.45) is 0.385. The van der Waals surface area contributed by atoms with Crippen LogP contribution in [0, 0.1) is 6.92 Å². The Balaban J connectivity index is 2.56. The number of benzene rings is 1. The SMILES string of the molecule is CCC(CNC(C)c1cc(C)ccc1O)NC(=O)OC(C)(C)C. The Morgan fingerprint density at radius 1 is 1.35 bits per heavy atom. The van der Waals surface area contributed by atoms with Crippen LogP contribution in [0.3, 0.4) is 0 Å². The molecule has 5 heteroatoms. The van der Waals surface area contributed by atoms with E-state index in [0.717, 1.165) is 17.5 Å². The molecule has 0 bridgehead atoms. The minimum Gasteiger partial charge on any atom is -0.508 e. The molecule has 0 saturated heterocycles. The molecule has 0 heterocycles. The third-order valence-electron chi connectivity index (χ3n) is 3.53. The lowest BCUT2D eigenvalue weighted by Gasteiger charge is -2.24. The number of nitrogens with one attached hydrogen (secondary N) is 2. The molecule has 0 aliphatic heterocycles. The summed E-state index contributed by atoms with van der Waals surface area (Å²) in [5.74, 6) is 0.281. The number of ether oxygens (including phenoxy) is 1. The molecule has 5 nitrogen and oxygen atoms in total. The van der Waals surface area contributed by atoms with Crippen LogP contribution in [-0.2, 0) is 4.74 Å². The van der Waals surface area contributed by atoms with Crippen LogP contribution in [0.25, 0.3) is 0 Å². The summed E-state index contributed by atoms with van der Waals surface area (Å²) in [5.41, 5.74) is 1.46. The van der Waals surface area contributed by atoms with Crippen LogP contribution in [0.4, 0.5) is 4.79 Å². The van der Waals surface area contributed by atoms with E-state index in [1.54, 1.807) is 6.07 Å². The van der Waals surface area contributed by atoms with Crippen LogP contribution >= 0.6 is 0 Å². The van der Waals surface area contributed by atoms with Crippen molar-refractivity contribution in [3.05, 3.63) is 29.3 Å². The molecule has 0 aromatic heterocycles. The first-order valence-corrected chi connectivity index (χ1v) is 8.14. The highest BCUT2D eigenvalue weighted by Gasteiger charge is 2.19. The van der Waals surface area contributed by atoms with E-state index in [-0.39, 0.29) is 17.8 Å². The van der Waals surface area contributed by atoms with Gasteiger partial charge in [0.15, 0.2) is 0 Å². The van der Waals surface area contributed by atoms with Crippen molar-refractivity contribution in [2.24, 2.45) is 0 Å². The molecule has 1 aromatic carbocycles. The Morgan fingerprint density at radius 2 is 2.00 bits per heavy atom. The second-order valence-electron chi connectivity index (χ2n) is 6.94. The van der Waals surface area contributed by atoms with Crippen LogP contribution in [0.2, 0.25) is 0 Å². The average molecular weight is 322 g/mol. The molecule has 3 N–H and O–H groups in total. The van der Waals surface area contributed by atoms with Gasteiger partial charge in [-0.05, 0) is 47.1 Å². The molecule has 2 unspecified atom stereocenters. The number of alkyl carbamates (subject to hydrolysis) is 1. The summed E-state index contributed by atoms with van der Waals surface area (Å²) in [6, 6.07) is 5.52. The maximum absolute atomic E-state index is 11.8. The van der Waals surface area contributed by atoms with Gasteiger partial charge in [0.05, 0.1) is 0 Å². The number of phenolic OH excluding ortho intramolecular Hbond substituents is 1. The second kappa shape index (κ2) is 8.20. The zero-order valence-corrected chi connectivity index (χ0v) is 15.1. The minimum absolute atomic E-state index is 0.00983. The quantitative estimate of drug-likeness (QED) is 0.747. The Hall–Kier alpha value is -1.75. The maximum Gasteiger partial charge on any atom is 0.407 e. The van der Waals surface area contributed by atoms with Crippen LogP contribution in [0.15, 0.2) is 18.2 Å². The van der Waals surface area contributed by atoms with Crippen LogP contribution in [0.5, 0.6) is 5.75 Å². The monoisotopic (exact) mass is 322 g/mol. The summed E-state index contributed by atoms with van der Waals surface area (Å²) in [6.45, 7) is 12.1. The van der Waals surface area contributed by atoms with E-state index < -0.39 is 11.7 Å². The van der Waals surface area contributed by atoms with E-state index in [1.807, 2.05) is 53.7 Å². The molecule has 1 amide bonds. The normalized spacial score (nSPS) is 14.2. The third-order valence-corrected chi connectivity index (χ3v) is 3.53. The van der Waals surface area contributed by atoms with Gasteiger partial charge in [-0.15, -0.1) is 0 Å². The largest absolute Gasteiger partial charge is 0.508 e. The van der Waals surface area contributed by atoms with Crippen molar-refractivity contribution in [1.82, 2.24) is 10.6 Å². The summed E-state index contributed by atoms with van der Waals surface area (Å²) < 4.78 is 5.28. The zero-order valence-electron chi connectivity index (χ0n) is 15.1. The fourth-order valence-electron chi connectivity index (χ4n) is 2.22. The minimum atomic E-state index is -0.504. The van der Waals surface area contributed by atoms with Gasteiger partial charge in [0.25, 0.3) is 0 Å². The fraction of sp³-hybridized carbons (Fsp3) is 0.611. The molecular formula is C18H30N2O3. The van der Waals surface area contributed by atoms with Crippen molar-refractivity contribution in [2.45, 2.75) is 65.6 Å². The van der Waals surface area contributed by atoms with Gasteiger partial charge in [-0.25, -0.2) is 4.79 Å². The second-order valence-corrected chi connectivity index (χ2v) is 6.94. The number of phenols is 1. The molecule has 0 saturated carbocycles. The number of rotatable bonds is 6. The Kier molecular flexibility index (Phi) is 6.88. The van der Waals surface area contributed by atoms with Gasteiger partial charge in [-0.2, -0.15) is 0 Å².